The molecule has 2 fully saturated rings. The van der Waals surface area contributed by atoms with Gasteiger partial charge in [0.25, 0.3) is 5.91 Å². The van der Waals surface area contributed by atoms with Crippen molar-refractivity contribution in [2.45, 2.75) is 24.7 Å². The van der Waals surface area contributed by atoms with Crippen LogP contribution in [-0.2, 0) is 10.9 Å². The Morgan fingerprint density at radius 1 is 1.15 bits per heavy atom. The van der Waals surface area contributed by atoms with Crippen molar-refractivity contribution in [2.75, 3.05) is 30.1 Å². The van der Waals surface area contributed by atoms with Crippen LogP contribution in [0.1, 0.15) is 27.9 Å². The molecule has 2 heterocycles. The lowest BCUT2D eigenvalue weighted by atomic mass is 10.0. The number of nitrogens with one attached hydrogen (secondary N) is 1. The molecular weight excluding hydrogens is 444 g/mol. The number of hydrogen-bond acceptors (Lipinski definition) is 4. The summed E-state index contributed by atoms with van der Waals surface area (Å²) in [6.07, 6.45) is -4.43. The highest BCUT2D eigenvalue weighted by Gasteiger charge is 2.49. The van der Waals surface area contributed by atoms with Gasteiger partial charge in [0.1, 0.15) is 5.82 Å². The van der Waals surface area contributed by atoms with E-state index in [2.05, 4.69) is 5.32 Å². The number of carbonyl (C=O) groups is 2. The molecule has 0 radical (unpaired) electrons. The van der Waals surface area contributed by atoms with Crippen LogP contribution in [0.4, 0.5) is 33.7 Å². The van der Waals surface area contributed by atoms with Crippen molar-refractivity contribution < 1.29 is 31.9 Å². The molecule has 2 aromatic rings. The van der Waals surface area contributed by atoms with Crippen molar-refractivity contribution in [3.63, 3.8) is 0 Å². The molecule has 33 heavy (non-hydrogen) atoms. The number of alkyl halides is 3. The van der Waals surface area contributed by atoms with Crippen molar-refractivity contribution in [1.29, 1.82) is 5.26 Å². The predicted molar refractivity (Wildman–Crippen MR) is 109 cm³/mol. The van der Waals surface area contributed by atoms with Crippen LogP contribution < -0.4 is 15.1 Å². The molecule has 2 saturated heterocycles. The molecule has 0 aliphatic carbocycles. The van der Waals surface area contributed by atoms with E-state index in [0.717, 1.165) is 18.2 Å². The predicted octanol–water partition coefficient (Wildman–Crippen LogP) is 3.68. The molecule has 2 atom stereocenters. The summed E-state index contributed by atoms with van der Waals surface area (Å²) in [6, 6.07) is 6.54. The molecule has 2 aliphatic rings. The second kappa shape index (κ2) is 8.37. The Hall–Kier alpha value is -3.65. The molecule has 2 aromatic carbocycles. The minimum Gasteiger partial charge on any atom is -0.379 e. The van der Waals surface area contributed by atoms with Gasteiger partial charge < -0.3 is 10.1 Å². The van der Waals surface area contributed by atoms with Crippen LogP contribution in [0, 0.1) is 17.1 Å². The molecule has 1 N–H and O–H groups in total. The fourth-order valence-corrected chi connectivity index (χ4v) is 4.25. The lowest BCUT2D eigenvalue weighted by molar-refractivity contribution is -0.137. The van der Waals surface area contributed by atoms with Crippen LogP contribution in [0.25, 0.3) is 0 Å². The van der Waals surface area contributed by atoms with E-state index < -0.39 is 47.1 Å². The first-order chi connectivity index (χ1) is 15.7. The number of carbonyl (C=O) groups excluding carboxylic acids is 2. The number of urea groups is 1. The molecule has 2 aliphatic heterocycles. The Balaban J connectivity index is 1.77. The van der Waals surface area contributed by atoms with E-state index in [1.807, 2.05) is 0 Å². The number of rotatable bonds is 3. The summed E-state index contributed by atoms with van der Waals surface area (Å²) < 4.78 is 60.5. The van der Waals surface area contributed by atoms with Crippen LogP contribution >= 0.6 is 0 Å². The first-order valence-electron chi connectivity index (χ1n) is 10.0. The maximum Gasteiger partial charge on any atom is 0.417 e. The number of nitriles is 1. The number of halogens is 4. The third-order valence-electron chi connectivity index (χ3n) is 5.78. The van der Waals surface area contributed by atoms with Gasteiger partial charge in [0.05, 0.1) is 41.5 Å². The fourth-order valence-electron chi connectivity index (χ4n) is 4.25. The van der Waals surface area contributed by atoms with Crippen LogP contribution in [-0.4, -0.2) is 44.3 Å². The van der Waals surface area contributed by atoms with Crippen LogP contribution in [0.5, 0.6) is 0 Å². The molecule has 11 heteroatoms. The standard InChI is InChI=1S/C22H18F4N4O3/c1-28-20(31)15-5-4-14(9-17(15)23)30-19-11-33-7-6-18(19)29(21(30)32)13-3-2-12(10-27)16(8-13)22(24,25)26/h2-5,8-9,18-19H,6-7,11H2,1H3,(H,28,31)/t18-,19?/m1/s1. The van der Waals surface area contributed by atoms with E-state index in [-0.39, 0.29) is 23.5 Å². The van der Waals surface area contributed by atoms with Crippen LogP contribution in [0.2, 0.25) is 0 Å². The zero-order chi connectivity index (χ0) is 23.9. The molecule has 0 spiro atoms. The number of fused-ring (bicyclic) bond motifs is 1. The van der Waals surface area contributed by atoms with Gasteiger partial charge in [-0.1, -0.05) is 0 Å². The van der Waals surface area contributed by atoms with Gasteiger partial charge in [0, 0.05) is 25.0 Å². The van der Waals surface area contributed by atoms with Crippen molar-refractivity contribution in [2.24, 2.45) is 0 Å². The molecule has 4 rings (SSSR count). The maximum absolute atomic E-state index is 14.6. The summed E-state index contributed by atoms with van der Waals surface area (Å²) in [5.74, 6) is -1.48. The fraction of sp³-hybridized carbons (Fsp3) is 0.318. The third kappa shape index (κ3) is 3.87. The van der Waals surface area contributed by atoms with E-state index in [4.69, 9.17) is 10.00 Å². The van der Waals surface area contributed by atoms with Crippen LogP contribution in [0.15, 0.2) is 36.4 Å². The Labute approximate surface area is 186 Å². The number of benzene rings is 2. The average molecular weight is 462 g/mol. The van der Waals surface area contributed by atoms with Crippen molar-refractivity contribution >= 4 is 23.3 Å². The highest BCUT2D eigenvalue weighted by molar-refractivity contribution is 6.08. The monoisotopic (exact) mass is 462 g/mol. The van der Waals surface area contributed by atoms with Crippen molar-refractivity contribution in [1.82, 2.24) is 5.32 Å². The number of ether oxygens (including phenoxy) is 1. The lowest BCUT2D eigenvalue weighted by Crippen LogP contribution is -2.45. The number of nitrogens with zero attached hydrogens (tertiary/aromatic N) is 3. The first-order valence-corrected chi connectivity index (χ1v) is 10.0. The normalized spacial score (nSPS) is 20.4. The molecule has 3 amide bonds. The topological polar surface area (TPSA) is 85.7 Å². The number of anilines is 2. The third-order valence-corrected chi connectivity index (χ3v) is 5.78. The molecule has 7 nitrogen and oxygen atoms in total. The molecule has 172 valence electrons. The largest absolute Gasteiger partial charge is 0.417 e. The zero-order valence-electron chi connectivity index (χ0n) is 17.3. The summed E-state index contributed by atoms with van der Waals surface area (Å²) in [5, 5.41) is 11.4. The zero-order valence-corrected chi connectivity index (χ0v) is 17.3. The highest BCUT2D eigenvalue weighted by Crippen LogP contribution is 2.40. The lowest BCUT2D eigenvalue weighted by Gasteiger charge is -2.32. The van der Waals surface area contributed by atoms with Crippen LogP contribution in [0.3, 0.4) is 0 Å². The molecule has 1 unspecified atom stereocenters. The van der Waals surface area contributed by atoms with E-state index in [1.54, 1.807) is 0 Å². The van der Waals surface area contributed by atoms with Gasteiger partial charge in [0.15, 0.2) is 0 Å². The summed E-state index contributed by atoms with van der Waals surface area (Å²) in [5.41, 5.74) is -1.77. The van der Waals surface area contributed by atoms with Gasteiger partial charge in [-0.05, 0) is 42.8 Å². The average Bonchev–Trinajstić information content (AvgIpc) is 3.09. The second-order valence-electron chi connectivity index (χ2n) is 7.60. The number of hydrogen-bond donors (Lipinski definition) is 1. The van der Waals surface area contributed by atoms with Gasteiger partial charge in [-0.2, -0.15) is 18.4 Å². The summed E-state index contributed by atoms with van der Waals surface area (Å²) in [6.45, 7) is 0.402. The molecule has 0 aromatic heterocycles. The number of amides is 3. The van der Waals surface area contributed by atoms with E-state index >= 15 is 0 Å². The SMILES string of the molecule is CNC(=O)c1ccc(N2C(=O)N(c3ccc(C#N)c(C(F)(F)F)c3)[C@@H]3CCOCC32)cc1F. The Morgan fingerprint density at radius 3 is 2.45 bits per heavy atom. The summed E-state index contributed by atoms with van der Waals surface area (Å²) in [4.78, 5) is 27.7. The molecule has 0 saturated carbocycles. The van der Waals surface area contributed by atoms with E-state index in [9.17, 15) is 27.2 Å². The highest BCUT2D eigenvalue weighted by atomic mass is 19.4. The van der Waals surface area contributed by atoms with Crippen molar-refractivity contribution in [3.8, 4) is 6.07 Å². The Kier molecular flexibility index (Phi) is 5.71. The van der Waals surface area contributed by atoms with Gasteiger partial charge in [-0.15, -0.1) is 0 Å². The Bertz CT molecular complexity index is 1160. The minimum absolute atomic E-state index is 0.0202. The van der Waals surface area contributed by atoms with E-state index in [1.165, 1.54) is 41.1 Å². The minimum atomic E-state index is -4.78. The second-order valence-corrected chi connectivity index (χ2v) is 7.60. The van der Waals surface area contributed by atoms with Gasteiger partial charge in [-0.25, -0.2) is 9.18 Å². The Morgan fingerprint density at radius 2 is 1.82 bits per heavy atom. The first kappa shape index (κ1) is 22.5. The summed E-state index contributed by atoms with van der Waals surface area (Å²) >= 11 is 0. The van der Waals surface area contributed by atoms with Gasteiger partial charge in [-0.3, -0.25) is 14.6 Å². The van der Waals surface area contributed by atoms with Crippen molar-refractivity contribution in [3.05, 3.63) is 58.9 Å². The van der Waals surface area contributed by atoms with E-state index in [0.29, 0.717) is 13.0 Å². The van der Waals surface area contributed by atoms with Gasteiger partial charge >= 0.3 is 12.2 Å². The molecule has 0 bridgehead atoms. The smallest absolute Gasteiger partial charge is 0.379 e. The quantitative estimate of drug-likeness (QED) is 0.706. The maximum atomic E-state index is 14.6. The summed E-state index contributed by atoms with van der Waals surface area (Å²) in [7, 11) is 1.36. The molecular formula is C22H18F4N4O3. The van der Waals surface area contributed by atoms with Gasteiger partial charge in [0.2, 0.25) is 0 Å².